The number of nitrogens with one attached hydrogen (secondary N) is 2. The molecule has 3 aliphatic carbocycles. The molecule has 0 saturated heterocycles. The number of aromatic nitrogens is 2. The number of amides is 1. The van der Waals surface area contributed by atoms with Crippen molar-refractivity contribution in [3.05, 3.63) is 106 Å². The fourth-order valence-electron chi connectivity index (χ4n) is 9.98. The van der Waals surface area contributed by atoms with Gasteiger partial charge < -0.3 is 35.1 Å². The molecule has 1 fully saturated rings. The number of aryl methyl sites for hydroxylation is 1. The van der Waals surface area contributed by atoms with Crippen LogP contribution in [0.4, 0.5) is 5.69 Å². The fourth-order valence-corrected chi connectivity index (χ4v) is 10.2. The summed E-state index contributed by atoms with van der Waals surface area (Å²) in [6.45, 7) is 5.35. The maximum atomic E-state index is 13.1. The second kappa shape index (κ2) is 19.1. The van der Waals surface area contributed by atoms with Crippen molar-refractivity contribution in [1.29, 1.82) is 0 Å². The first-order valence-electron chi connectivity index (χ1n) is 21.5. The Morgan fingerprint density at radius 2 is 1.79 bits per heavy atom. The Morgan fingerprint density at radius 3 is 2.54 bits per heavy atom. The number of carboxylic acid groups (broad SMARTS) is 2. The zero-order chi connectivity index (χ0) is 43.1. The molecule has 7 rings (SSSR count). The van der Waals surface area contributed by atoms with Crippen LogP contribution in [-0.2, 0) is 39.1 Å². The number of anilines is 1. The quantitative estimate of drug-likeness (QED) is 0.0708. The fraction of sp³-hybridized carbons (Fsp3) is 0.479. The molecular weight excluding hydrogens is 796 g/mol. The van der Waals surface area contributed by atoms with Crippen LogP contribution < -0.4 is 24.8 Å². The summed E-state index contributed by atoms with van der Waals surface area (Å²) in [7, 11) is 1.49. The molecule has 2 unspecified atom stereocenters. The maximum absolute atomic E-state index is 13.1. The van der Waals surface area contributed by atoms with Crippen LogP contribution >= 0.6 is 11.6 Å². The summed E-state index contributed by atoms with van der Waals surface area (Å²) in [5.41, 5.74) is 4.80. The molecule has 0 bridgehead atoms. The molecule has 13 heteroatoms. The van der Waals surface area contributed by atoms with E-state index in [4.69, 9.17) is 25.8 Å². The van der Waals surface area contributed by atoms with Gasteiger partial charge in [-0.05, 0) is 147 Å². The van der Waals surface area contributed by atoms with Crippen molar-refractivity contribution >= 4 is 35.1 Å². The highest BCUT2D eigenvalue weighted by atomic mass is 35.5. The minimum atomic E-state index is -1.14. The second-order valence-electron chi connectivity index (χ2n) is 17.3. The lowest BCUT2D eigenvalue weighted by Crippen LogP contribution is -2.53. The summed E-state index contributed by atoms with van der Waals surface area (Å²) in [5.74, 6) is 0.544. The van der Waals surface area contributed by atoms with E-state index in [-0.39, 0.29) is 42.6 Å². The van der Waals surface area contributed by atoms with Crippen molar-refractivity contribution in [3.8, 4) is 17.4 Å². The third-order valence-electron chi connectivity index (χ3n) is 13.2. The smallest absolute Gasteiger partial charge is 0.329 e. The summed E-state index contributed by atoms with van der Waals surface area (Å²) in [4.78, 5) is 46.6. The van der Waals surface area contributed by atoms with Crippen molar-refractivity contribution in [3.63, 3.8) is 0 Å². The Labute approximate surface area is 362 Å². The number of rotatable bonds is 18. The van der Waals surface area contributed by atoms with E-state index in [1.165, 1.54) is 30.0 Å². The molecule has 3 aliphatic rings. The van der Waals surface area contributed by atoms with Crippen LogP contribution in [0, 0.1) is 11.8 Å². The van der Waals surface area contributed by atoms with Crippen molar-refractivity contribution in [2.45, 2.75) is 114 Å². The zero-order valence-corrected chi connectivity index (χ0v) is 36.0. The van der Waals surface area contributed by atoms with Crippen LogP contribution in [0.1, 0.15) is 106 Å². The Morgan fingerprint density at radius 1 is 0.984 bits per heavy atom. The zero-order valence-electron chi connectivity index (χ0n) is 35.3. The average Bonchev–Trinajstić information content (AvgIpc) is 3.53. The number of aliphatic carboxylic acids is 2. The number of hydrogen-bond donors (Lipinski definition) is 4. The first-order chi connectivity index (χ1) is 29.4. The predicted octanol–water partition coefficient (Wildman–Crippen LogP) is 8.57. The van der Waals surface area contributed by atoms with E-state index in [0.29, 0.717) is 72.5 Å². The van der Waals surface area contributed by atoms with Crippen LogP contribution in [0.15, 0.2) is 73.1 Å². The SMILES string of the molecule is COc1cc(CC(NC(=O)CCCOc2ccc3c(c2)C2(CCC(Nc4cccc(Cl)c4)(C(=O)O)CC2)C(C[C@@H](C)COc2ccnc4c2[C@H](C)CCC4)C3)C(=O)O)ccn1. The molecule has 2 aromatic carbocycles. The van der Waals surface area contributed by atoms with Gasteiger partial charge in [0.1, 0.15) is 23.1 Å². The first-order valence-corrected chi connectivity index (χ1v) is 21.9. The van der Waals surface area contributed by atoms with E-state index in [1.807, 2.05) is 30.5 Å². The van der Waals surface area contributed by atoms with Gasteiger partial charge in [-0.1, -0.05) is 37.6 Å². The number of nitrogens with zero attached hydrogens (tertiary/aromatic N) is 2. The van der Waals surface area contributed by atoms with Gasteiger partial charge in [-0.2, -0.15) is 0 Å². The molecule has 0 aliphatic heterocycles. The van der Waals surface area contributed by atoms with Gasteiger partial charge >= 0.3 is 11.9 Å². The number of methoxy groups -OCH3 is 1. The highest BCUT2D eigenvalue weighted by molar-refractivity contribution is 6.30. The Kier molecular flexibility index (Phi) is 13.7. The Balaban J connectivity index is 1.03. The van der Waals surface area contributed by atoms with Crippen LogP contribution in [0.3, 0.4) is 0 Å². The van der Waals surface area contributed by atoms with Gasteiger partial charge in [0.25, 0.3) is 0 Å². The summed E-state index contributed by atoms with van der Waals surface area (Å²) in [6.07, 6.45) is 11.2. The average molecular weight is 853 g/mol. The lowest BCUT2D eigenvalue weighted by molar-refractivity contribution is -0.144. The number of carboxylic acids is 2. The Bertz CT molecular complexity index is 2210. The third-order valence-corrected chi connectivity index (χ3v) is 13.4. The first kappa shape index (κ1) is 43.7. The number of benzene rings is 2. The molecule has 4 N–H and O–H groups in total. The van der Waals surface area contributed by atoms with Gasteiger partial charge in [0.2, 0.25) is 11.8 Å². The van der Waals surface area contributed by atoms with Gasteiger partial charge in [-0.25, -0.2) is 14.6 Å². The van der Waals surface area contributed by atoms with Crippen molar-refractivity contribution < 1.29 is 38.8 Å². The number of pyridine rings is 2. The monoisotopic (exact) mass is 852 g/mol. The van der Waals surface area contributed by atoms with Crippen LogP contribution in [0.5, 0.6) is 17.4 Å². The number of halogens is 1. The molecule has 1 saturated carbocycles. The van der Waals surface area contributed by atoms with Crippen LogP contribution in [0.25, 0.3) is 0 Å². The van der Waals surface area contributed by atoms with E-state index >= 15 is 0 Å². The van der Waals surface area contributed by atoms with Gasteiger partial charge in [0.15, 0.2) is 0 Å². The normalized spacial score (nSPS) is 22.6. The standard InChI is InChI=1S/C48H57ClN4O8/c1-30(29-61-41-15-21-50-39-10-4-7-31(2)44(39)41)23-34-26-33-12-13-37(60-22-6-11-42(54)52-40(45(55)56)24-32-14-20-51-43(25-32)59-3)28-38(33)47(34)16-18-48(19-17-47,46(57)58)53-36-9-5-8-35(49)27-36/h5,8-9,12-15,20-21,25,27-28,30-31,34,40,53H,4,6-7,10-11,16-19,22-24,26,29H2,1-3H3,(H,52,54)(H,55,56)(H,57,58)/t30-,31-,34?,40?,47?,48?/m1/s1. The molecule has 4 atom stereocenters. The van der Waals surface area contributed by atoms with Crippen molar-refractivity contribution in [2.24, 2.45) is 11.8 Å². The van der Waals surface area contributed by atoms with E-state index in [0.717, 1.165) is 43.5 Å². The third kappa shape index (κ3) is 10.1. The predicted molar refractivity (Wildman–Crippen MR) is 233 cm³/mol. The van der Waals surface area contributed by atoms with E-state index in [2.05, 4.69) is 46.6 Å². The summed E-state index contributed by atoms with van der Waals surface area (Å²) in [6, 6.07) is 17.7. The van der Waals surface area contributed by atoms with E-state index in [1.54, 1.807) is 24.3 Å². The van der Waals surface area contributed by atoms with Gasteiger partial charge in [-0.3, -0.25) is 9.78 Å². The summed E-state index contributed by atoms with van der Waals surface area (Å²) >= 11 is 6.30. The topological polar surface area (TPSA) is 169 Å². The molecule has 4 aromatic rings. The second-order valence-corrected chi connectivity index (χ2v) is 17.8. The molecule has 0 radical (unpaired) electrons. The largest absolute Gasteiger partial charge is 0.494 e. The highest BCUT2D eigenvalue weighted by Gasteiger charge is 2.54. The molecule has 61 heavy (non-hydrogen) atoms. The number of hydrogen-bond acceptors (Lipinski definition) is 9. The molecule has 12 nitrogen and oxygen atoms in total. The van der Waals surface area contributed by atoms with Gasteiger partial charge in [-0.15, -0.1) is 0 Å². The molecule has 1 amide bonds. The number of ether oxygens (including phenoxy) is 3. The Hall–Kier alpha value is -5.36. The minimum absolute atomic E-state index is 0.0934. The van der Waals surface area contributed by atoms with Crippen molar-refractivity contribution in [2.75, 3.05) is 25.6 Å². The number of carbonyl (C=O) groups excluding carboxylic acids is 1. The number of carbonyl (C=O) groups is 3. The van der Waals surface area contributed by atoms with Gasteiger partial charge in [0.05, 0.1) is 20.3 Å². The van der Waals surface area contributed by atoms with E-state index < -0.39 is 23.5 Å². The lowest BCUT2D eigenvalue weighted by Gasteiger charge is -2.47. The lowest BCUT2D eigenvalue weighted by atomic mass is 9.59. The molecule has 1 spiro atoms. The molecule has 2 heterocycles. The van der Waals surface area contributed by atoms with Crippen LogP contribution in [-0.4, -0.2) is 69.9 Å². The van der Waals surface area contributed by atoms with Gasteiger partial charge in [0, 0.05) is 53.3 Å². The summed E-state index contributed by atoms with van der Waals surface area (Å²) < 4.78 is 18.0. The highest BCUT2D eigenvalue weighted by Crippen LogP contribution is 2.57. The van der Waals surface area contributed by atoms with Crippen LogP contribution in [0.2, 0.25) is 5.02 Å². The molecular formula is C48H57ClN4O8. The van der Waals surface area contributed by atoms with E-state index in [9.17, 15) is 24.6 Å². The molecule has 324 valence electrons. The number of fused-ring (bicyclic) bond motifs is 3. The maximum Gasteiger partial charge on any atom is 0.329 e. The minimum Gasteiger partial charge on any atom is -0.494 e. The van der Waals surface area contributed by atoms with Crippen molar-refractivity contribution in [1.82, 2.24) is 15.3 Å². The summed E-state index contributed by atoms with van der Waals surface area (Å²) in [5, 5.41) is 27.1. The molecule has 2 aromatic heterocycles.